The summed E-state index contributed by atoms with van der Waals surface area (Å²) in [7, 11) is 0. The maximum absolute atomic E-state index is 9.48. The molecule has 1 aliphatic rings. The number of nitrogens with two attached hydrogens (primary N) is 1. The predicted molar refractivity (Wildman–Crippen MR) is 53.9 cm³/mol. The first kappa shape index (κ1) is 9.21. The highest BCUT2D eigenvalue weighted by Crippen LogP contribution is 2.17. The molecule has 1 aromatic rings. The van der Waals surface area contributed by atoms with E-state index < -0.39 is 0 Å². The highest BCUT2D eigenvalue weighted by molar-refractivity contribution is 5.41. The first-order chi connectivity index (χ1) is 6.75. The van der Waals surface area contributed by atoms with E-state index in [0.717, 1.165) is 25.2 Å². The van der Waals surface area contributed by atoms with E-state index >= 15 is 0 Å². The molecule has 3 N–H and O–H groups in total. The van der Waals surface area contributed by atoms with E-state index in [2.05, 4.69) is 10.2 Å². The number of aromatic nitrogens is 2. The molecule has 5 nitrogen and oxygen atoms in total. The van der Waals surface area contributed by atoms with Crippen LogP contribution in [0.15, 0.2) is 12.1 Å². The second-order valence-electron chi connectivity index (χ2n) is 3.56. The Kier molecular flexibility index (Phi) is 2.49. The van der Waals surface area contributed by atoms with Gasteiger partial charge in [0.15, 0.2) is 5.82 Å². The van der Waals surface area contributed by atoms with E-state index in [1.54, 1.807) is 6.07 Å². The van der Waals surface area contributed by atoms with Crippen molar-refractivity contribution in [3.8, 4) is 0 Å². The van der Waals surface area contributed by atoms with Gasteiger partial charge >= 0.3 is 0 Å². The van der Waals surface area contributed by atoms with Gasteiger partial charge in [-0.15, -0.1) is 10.2 Å². The van der Waals surface area contributed by atoms with Gasteiger partial charge in [0.05, 0.1) is 6.10 Å². The molecule has 1 atom stereocenters. The number of hydrogen-bond acceptors (Lipinski definition) is 5. The van der Waals surface area contributed by atoms with Crippen LogP contribution in [0, 0.1) is 0 Å². The molecule has 76 valence electrons. The number of anilines is 2. The van der Waals surface area contributed by atoms with Crippen molar-refractivity contribution < 1.29 is 5.11 Å². The van der Waals surface area contributed by atoms with E-state index in [0.29, 0.717) is 12.4 Å². The van der Waals surface area contributed by atoms with Crippen molar-refractivity contribution in [1.82, 2.24) is 10.2 Å². The Morgan fingerprint density at radius 2 is 2.29 bits per heavy atom. The lowest BCUT2D eigenvalue weighted by atomic mass is 10.1. The quantitative estimate of drug-likeness (QED) is 0.659. The minimum atomic E-state index is -0.247. The van der Waals surface area contributed by atoms with E-state index in [1.165, 1.54) is 0 Å². The second-order valence-corrected chi connectivity index (χ2v) is 3.56. The molecule has 14 heavy (non-hydrogen) atoms. The van der Waals surface area contributed by atoms with Crippen LogP contribution in [0.25, 0.3) is 0 Å². The molecule has 0 spiro atoms. The third-order valence-electron chi connectivity index (χ3n) is 2.39. The van der Waals surface area contributed by atoms with Gasteiger partial charge in [-0.25, -0.2) is 0 Å². The summed E-state index contributed by atoms with van der Waals surface area (Å²) in [6, 6.07) is 3.56. The molecule has 0 saturated carbocycles. The molecule has 1 aromatic heterocycles. The average molecular weight is 194 g/mol. The van der Waals surface area contributed by atoms with Crippen LogP contribution in [0.3, 0.4) is 0 Å². The third-order valence-corrected chi connectivity index (χ3v) is 2.39. The molecule has 0 bridgehead atoms. The summed E-state index contributed by atoms with van der Waals surface area (Å²) in [6.07, 6.45) is 1.62. The fraction of sp³-hybridized carbons (Fsp3) is 0.556. The Labute approximate surface area is 82.6 Å². The number of rotatable bonds is 1. The number of aliphatic hydroxyl groups excluding tert-OH is 1. The summed E-state index contributed by atoms with van der Waals surface area (Å²) in [5.74, 6) is 1.21. The van der Waals surface area contributed by atoms with E-state index in [9.17, 15) is 5.11 Å². The highest BCUT2D eigenvalue weighted by Gasteiger charge is 2.18. The van der Waals surface area contributed by atoms with Gasteiger partial charge in [-0.3, -0.25) is 0 Å². The molecule has 5 heteroatoms. The van der Waals surface area contributed by atoms with Gasteiger partial charge < -0.3 is 15.7 Å². The van der Waals surface area contributed by atoms with Gasteiger partial charge in [-0.05, 0) is 25.0 Å². The number of nitrogens with zero attached hydrogens (tertiary/aromatic N) is 3. The van der Waals surface area contributed by atoms with E-state index in [-0.39, 0.29) is 6.10 Å². The largest absolute Gasteiger partial charge is 0.391 e. The minimum Gasteiger partial charge on any atom is -0.391 e. The van der Waals surface area contributed by atoms with Crippen molar-refractivity contribution in [2.75, 3.05) is 23.7 Å². The number of aliphatic hydroxyl groups is 1. The summed E-state index contributed by atoms with van der Waals surface area (Å²) in [5.41, 5.74) is 5.44. The van der Waals surface area contributed by atoms with Crippen LogP contribution in [0.5, 0.6) is 0 Å². The van der Waals surface area contributed by atoms with Crippen molar-refractivity contribution >= 4 is 11.6 Å². The topological polar surface area (TPSA) is 75.3 Å². The van der Waals surface area contributed by atoms with Gasteiger partial charge in [0.2, 0.25) is 0 Å². The summed E-state index contributed by atoms with van der Waals surface area (Å²) in [6.45, 7) is 1.56. The zero-order valence-corrected chi connectivity index (χ0v) is 7.93. The summed E-state index contributed by atoms with van der Waals surface area (Å²) < 4.78 is 0. The van der Waals surface area contributed by atoms with Crippen LogP contribution in [-0.4, -0.2) is 34.5 Å². The van der Waals surface area contributed by atoms with Gasteiger partial charge in [0.1, 0.15) is 5.82 Å². The molecule has 0 amide bonds. The molecule has 0 aromatic carbocycles. The van der Waals surface area contributed by atoms with Crippen molar-refractivity contribution in [2.24, 2.45) is 0 Å². The molecule has 2 rings (SSSR count). The van der Waals surface area contributed by atoms with Gasteiger partial charge in [-0.2, -0.15) is 0 Å². The van der Waals surface area contributed by atoms with Crippen LogP contribution in [0.1, 0.15) is 12.8 Å². The number of β-amino-alcohol motifs (C(OH)–C–C–N with tert-alkyl or cyclic N) is 1. The smallest absolute Gasteiger partial charge is 0.151 e. The molecule has 1 aliphatic heterocycles. The number of hydrogen-bond donors (Lipinski definition) is 2. The van der Waals surface area contributed by atoms with Crippen molar-refractivity contribution in [2.45, 2.75) is 18.9 Å². The molecule has 1 saturated heterocycles. The summed E-state index contributed by atoms with van der Waals surface area (Å²) >= 11 is 0. The zero-order chi connectivity index (χ0) is 9.97. The summed E-state index contributed by atoms with van der Waals surface area (Å²) in [4.78, 5) is 2.03. The average Bonchev–Trinajstić information content (AvgIpc) is 2.19. The van der Waals surface area contributed by atoms with Crippen LogP contribution in [0.4, 0.5) is 11.6 Å². The predicted octanol–water partition coefficient (Wildman–Crippen LogP) is 0.0199. The van der Waals surface area contributed by atoms with Crippen molar-refractivity contribution in [3.63, 3.8) is 0 Å². The lowest BCUT2D eigenvalue weighted by molar-refractivity contribution is 0.154. The van der Waals surface area contributed by atoms with Crippen LogP contribution >= 0.6 is 0 Å². The lowest BCUT2D eigenvalue weighted by Gasteiger charge is -2.30. The van der Waals surface area contributed by atoms with Crippen LogP contribution in [-0.2, 0) is 0 Å². The monoisotopic (exact) mass is 194 g/mol. The fourth-order valence-electron chi connectivity index (χ4n) is 1.67. The second kappa shape index (κ2) is 3.79. The third kappa shape index (κ3) is 1.93. The fourth-order valence-corrected chi connectivity index (χ4v) is 1.67. The Hall–Kier alpha value is -1.36. The minimum absolute atomic E-state index is 0.247. The molecular formula is C9H14N4O. The van der Waals surface area contributed by atoms with Crippen molar-refractivity contribution in [1.29, 1.82) is 0 Å². The standard InChI is InChI=1S/C9H14N4O/c10-8-3-4-9(12-11-8)13-5-1-2-7(14)6-13/h3-4,7,14H,1-2,5-6H2,(H2,10,11)/t7-/m0/s1. The van der Waals surface area contributed by atoms with Crippen LogP contribution < -0.4 is 10.6 Å². The molecular weight excluding hydrogens is 180 g/mol. The van der Waals surface area contributed by atoms with E-state index in [1.807, 2.05) is 11.0 Å². The molecule has 1 fully saturated rings. The Bertz CT molecular complexity index is 300. The molecule has 0 radical (unpaired) electrons. The summed E-state index contributed by atoms with van der Waals surface area (Å²) in [5, 5.41) is 17.2. The normalized spacial score (nSPS) is 22.4. The van der Waals surface area contributed by atoms with Gasteiger partial charge in [-0.1, -0.05) is 0 Å². The first-order valence-electron chi connectivity index (χ1n) is 4.78. The Balaban J connectivity index is 2.10. The maximum Gasteiger partial charge on any atom is 0.151 e. The van der Waals surface area contributed by atoms with Crippen LogP contribution in [0.2, 0.25) is 0 Å². The maximum atomic E-state index is 9.48. The highest BCUT2D eigenvalue weighted by atomic mass is 16.3. The zero-order valence-electron chi connectivity index (χ0n) is 7.93. The molecule has 2 heterocycles. The Morgan fingerprint density at radius 1 is 1.43 bits per heavy atom. The Morgan fingerprint density at radius 3 is 2.93 bits per heavy atom. The van der Waals surface area contributed by atoms with Gasteiger partial charge in [0.25, 0.3) is 0 Å². The molecule has 0 aliphatic carbocycles. The SMILES string of the molecule is Nc1ccc(N2CCC[C@H](O)C2)nn1. The van der Waals surface area contributed by atoms with E-state index in [4.69, 9.17) is 5.73 Å². The van der Waals surface area contributed by atoms with Crippen molar-refractivity contribution in [3.05, 3.63) is 12.1 Å². The number of piperidine rings is 1. The molecule has 0 unspecified atom stereocenters. The van der Waals surface area contributed by atoms with Gasteiger partial charge in [0, 0.05) is 13.1 Å². The lowest BCUT2D eigenvalue weighted by Crippen LogP contribution is -2.38. The first-order valence-corrected chi connectivity index (χ1v) is 4.78. The number of nitrogen functional groups attached to an aromatic ring is 1.